The van der Waals surface area contributed by atoms with E-state index in [9.17, 15) is 14.7 Å². The van der Waals surface area contributed by atoms with E-state index in [1.807, 2.05) is 6.08 Å². The minimum absolute atomic E-state index is 0.112. The molecule has 96 valence electrons. The Morgan fingerprint density at radius 1 is 1.41 bits per heavy atom. The molecule has 1 atom stereocenters. The number of carbonyl (C=O) groups is 2. The van der Waals surface area contributed by atoms with E-state index in [4.69, 9.17) is 0 Å². The molecule has 0 radical (unpaired) electrons. The molecule has 4 heteroatoms. The summed E-state index contributed by atoms with van der Waals surface area (Å²) < 4.78 is 4.54. The Balaban J connectivity index is 2.02. The molecule has 0 amide bonds. The molecule has 17 heavy (non-hydrogen) atoms. The molecule has 0 aromatic carbocycles. The van der Waals surface area contributed by atoms with E-state index in [0.29, 0.717) is 12.8 Å². The summed E-state index contributed by atoms with van der Waals surface area (Å²) in [4.78, 5) is 22.2. The predicted molar refractivity (Wildman–Crippen MR) is 63.4 cm³/mol. The summed E-state index contributed by atoms with van der Waals surface area (Å²) in [6, 6.07) is 0. The third-order valence-electron chi connectivity index (χ3n) is 3.01. The average Bonchev–Trinajstić information content (AvgIpc) is 2.64. The van der Waals surface area contributed by atoms with Crippen LogP contribution in [-0.4, -0.2) is 30.1 Å². The van der Waals surface area contributed by atoms with Crippen molar-refractivity contribution >= 4 is 11.8 Å². The summed E-state index contributed by atoms with van der Waals surface area (Å²) in [5.41, 5.74) is 0.769. The molecule has 1 unspecified atom stereocenters. The van der Waals surface area contributed by atoms with E-state index < -0.39 is 6.10 Å². The second-order valence-electron chi connectivity index (χ2n) is 4.34. The van der Waals surface area contributed by atoms with Crippen molar-refractivity contribution in [2.45, 2.75) is 51.0 Å². The number of carbonyl (C=O) groups excluding carboxylic acids is 2. The van der Waals surface area contributed by atoms with Crippen molar-refractivity contribution in [1.82, 2.24) is 0 Å². The largest absolute Gasteiger partial charge is 0.469 e. The number of Topliss-reactive ketones (excluding diaryl/α,β-unsaturated/α-hetero) is 1. The minimum atomic E-state index is -0.802. The highest BCUT2D eigenvalue weighted by Gasteiger charge is 2.23. The number of hydrogen-bond acceptors (Lipinski definition) is 4. The fourth-order valence-corrected chi connectivity index (χ4v) is 1.94. The van der Waals surface area contributed by atoms with E-state index in [1.165, 1.54) is 7.11 Å². The van der Waals surface area contributed by atoms with Crippen LogP contribution in [0.4, 0.5) is 0 Å². The number of rotatable bonds is 7. The van der Waals surface area contributed by atoms with Crippen LogP contribution in [-0.2, 0) is 14.3 Å². The van der Waals surface area contributed by atoms with Gasteiger partial charge in [-0.25, -0.2) is 0 Å². The number of aliphatic hydroxyl groups is 1. The van der Waals surface area contributed by atoms with E-state index in [1.54, 1.807) is 0 Å². The van der Waals surface area contributed by atoms with E-state index in [2.05, 4.69) is 4.74 Å². The molecular formula is C13H20O4. The first-order chi connectivity index (χ1) is 8.15. The molecule has 4 nitrogen and oxygen atoms in total. The van der Waals surface area contributed by atoms with Crippen LogP contribution in [0.5, 0.6) is 0 Å². The lowest BCUT2D eigenvalue weighted by Crippen LogP contribution is -2.15. The summed E-state index contributed by atoms with van der Waals surface area (Å²) >= 11 is 0. The van der Waals surface area contributed by atoms with Crippen molar-refractivity contribution in [3.8, 4) is 0 Å². The molecule has 0 aromatic rings. The first-order valence-corrected chi connectivity index (χ1v) is 6.13. The fourth-order valence-electron chi connectivity index (χ4n) is 1.94. The first kappa shape index (κ1) is 13.9. The van der Waals surface area contributed by atoms with Gasteiger partial charge in [-0.05, 0) is 31.3 Å². The van der Waals surface area contributed by atoms with Crippen LogP contribution < -0.4 is 0 Å². The van der Waals surface area contributed by atoms with Gasteiger partial charge >= 0.3 is 5.97 Å². The second kappa shape index (κ2) is 7.22. The van der Waals surface area contributed by atoms with Crippen LogP contribution in [0.2, 0.25) is 0 Å². The van der Waals surface area contributed by atoms with Crippen LogP contribution in [0.1, 0.15) is 44.9 Å². The highest BCUT2D eigenvalue weighted by atomic mass is 16.5. The zero-order valence-corrected chi connectivity index (χ0v) is 10.3. The summed E-state index contributed by atoms with van der Waals surface area (Å²) in [6.07, 6.45) is 6.46. The third kappa shape index (κ3) is 4.69. The van der Waals surface area contributed by atoms with E-state index in [-0.39, 0.29) is 11.8 Å². The number of hydrogen-bond donors (Lipinski definition) is 1. The number of unbranched alkanes of at least 4 members (excludes halogenated alkanes) is 3. The van der Waals surface area contributed by atoms with Crippen molar-refractivity contribution in [2.24, 2.45) is 0 Å². The van der Waals surface area contributed by atoms with Crippen molar-refractivity contribution in [1.29, 1.82) is 0 Å². The third-order valence-corrected chi connectivity index (χ3v) is 3.01. The number of ether oxygens (including phenoxy) is 1. The number of methoxy groups -OCH3 is 1. The lowest BCUT2D eigenvalue weighted by molar-refractivity contribution is -0.140. The fraction of sp³-hybridized carbons (Fsp3) is 0.692. The number of ketones is 1. The van der Waals surface area contributed by atoms with Gasteiger partial charge in [0.25, 0.3) is 0 Å². The summed E-state index contributed by atoms with van der Waals surface area (Å²) in [5, 5.41) is 9.24. The number of esters is 1. The average molecular weight is 240 g/mol. The van der Waals surface area contributed by atoms with Crippen LogP contribution in [0.15, 0.2) is 11.6 Å². The highest BCUT2D eigenvalue weighted by Crippen LogP contribution is 2.20. The van der Waals surface area contributed by atoms with Gasteiger partial charge < -0.3 is 9.84 Å². The van der Waals surface area contributed by atoms with E-state index >= 15 is 0 Å². The molecule has 0 saturated heterocycles. The lowest BCUT2D eigenvalue weighted by Gasteiger charge is -2.03. The number of aliphatic hydroxyl groups excluding tert-OH is 1. The molecule has 0 aliphatic heterocycles. The van der Waals surface area contributed by atoms with Crippen LogP contribution in [0, 0.1) is 0 Å². The maximum atomic E-state index is 11.4. The van der Waals surface area contributed by atoms with Gasteiger partial charge in [0.2, 0.25) is 0 Å². The molecule has 0 saturated carbocycles. The van der Waals surface area contributed by atoms with Crippen molar-refractivity contribution in [3.63, 3.8) is 0 Å². The van der Waals surface area contributed by atoms with E-state index in [0.717, 1.165) is 37.7 Å². The van der Waals surface area contributed by atoms with Gasteiger partial charge in [0.1, 0.15) is 6.10 Å². The molecule has 1 N–H and O–H groups in total. The standard InChI is InChI=1S/C13H20O4/c1-17-12(15)7-5-3-2-4-6-10-8-9-11(14)13(10)16/h8,11,14H,2-7,9H2,1H3. The van der Waals surface area contributed by atoms with Gasteiger partial charge in [0.15, 0.2) is 5.78 Å². The summed E-state index contributed by atoms with van der Waals surface area (Å²) in [6.45, 7) is 0. The topological polar surface area (TPSA) is 63.6 Å². The molecule has 0 fully saturated rings. The van der Waals surface area contributed by atoms with Crippen LogP contribution in [0.25, 0.3) is 0 Å². The zero-order valence-electron chi connectivity index (χ0n) is 10.3. The monoisotopic (exact) mass is 240 g/mol. The predicted octanol–water partition coefficient (Wildman–Crippen LogP) is 1.76. The minimum Gasteiger partial charge on any atom is -0.469 e. The van der Waals surface area contributed by atoms with Crippen LogP contribution >= 0.6 is 0 Å². The molecule has 0 aromatic heterocycles. The Labute approximate surface area is 102 Å². The molecule has 1 aliphatic rings. The lowest BCUT2D eigenvalue weighted by atomic mass is 10.0. The molecule has 1 aliphatic carbocycles. The van der Waals surface area contributed by atoms with Gasteiger partial charge in [-0.15, -0.1) is 0 Å². The zero-order chi connectivity index (χ0) is 12.7. The van der Waals surface area contributed by atoms with Gasteiger partial charge in [-0.3, -0.25) is 9.59 Å². The molecule has 1 rings (SSSR count). The summed E-state index contributed by atoms with van der Waals surface area (Å²) in [7, 11) is 1.39. The van der Waals surface area contributed by atoms with Gasteiger partial charge in [0, 0.05) is 6.42 Å². The molecule has 0 bridgehead atoms. The van der Waals surface area contributed by atoms with Crippen molar-refractivity contribution in [3.05, 3.63) is 11.6 Å². The maximum absolute atomic E-state index is 11.4. The Hall–Kier alpha value is -1.16. The van der Waals surface area contributed by atoms with Gasteiger partial charge in [-0.1, -0.05) is 18.9 Å². The van der Waals surface area contributed by atoms with Gasteiger partial charge in [0.05, 0.1) is 7.11 Å². The Bertz CT molecular complexity index is 307. The molecule has 0 spiro atoms. The maximum Gasteiger partial charge on any atom is 0.305 e. The van der Waals surface area contributed by atoms with Crippen LogP contribution in [0.3, 0.4) is 0 Å². The quantitative estimate of drug-likeness (QED) is 0.544. The summed E-state index contributed by atoms with van der Waals surface area (Å²) in [5.74, 6) is -0.277. The van der Waals surface area contributed by atoms with Gasteiger partial charge in [-0.2, -0.15) is 0 Å². The Morgan fingerprint density at radius 3 is 2.71 bits per heavy atom. The van der Waals surface area contributed by atoms with Crippen molar-refractivity contribution < 1.29 is 19.4 Å². The highest BCUT2D eigenvalue weighted by molar-refractivity contribution is 6.00. The second-order valence-corrected chi connectivity index (χ2v) is 4.34. The smallest absolute Gasteiger partial charge is 0.305 e. The Morgan fingerprint density at radius 2 is 2.12 bits per heavy atom. The molecule has 0 heterocycles. The molecular weight excluding hydrogens is 220 g/mol. The Kier molecular flexibility index (Phi) is 5.91. The first-order valence-electron chi connectivity index (χ1n) is 6.13. The van der Waals surface area contributed by atoms with Crippen molar-refractivity contribution in [2.75, 3.05) is 7.11 Å². The SMILES string of the molecule is COC(=O)CCCCCCC1=CCC(O)C1=O. The normalized spacial score (nSPS) is 19.3.